The molecule has 0 saturated carbocycles. The molecule has 0 aliphatic rings. The van der Waals surface area contributed by atoms with E-state index < -0.39 is 13.4 Å². The van der Waals surface area contributed by atoms with Gasteiger partial charge in [-0.1, -0.05) is 60.7 Å². The number of aliphatic imine (C=N–C) groups is 1. The molecular weight excluding hydrogens is 399 g/mol. The summed E-state index contributed by atoms with van der Waals surface area (Å²) in [5, 5.41) is 0. The SMILES string of the molecule is CCOP(=O)(OCC)C(CCC(=O)N(C)C)N=C(c1ccccc1)c1ccccc1. The van der Waals surface area contributed by atoms with Gasteiger partial charge < -0.3 is 13.9 Å². The van der Waals surface area contributed by atoms with Crippen molar-refractivity contribution in [3.8, 4) is 0 Å². The average Bonchev–Trinajstić information content (AvgIpc) is 2.75. The van der Waals surface area contributed by atoms with E-state index in [1.54, 1.807) is 27.9 Å². The molecule has 0 spiro atoms. The van der Waals surface area contributed by atoms with Gasteiger partial charge in [-0.25, -0.2) is 0 Å². The molecule has 0 bridgehead atoms. The van der Waals surface area contributed by atoms with Gasteiger partial charge in [0, 0.05) is 31.6 Å². The minimum Gasteiger partial charge on any atom is -0.349 e. The van der Waals surface area contributed by atoms with Crippen molar-refractivity contribution < 1.29 is 18.4 Å². The molecule has 2 rings (SSSR count). The van der Waals surface area contributed by atoms with Crippen LogP contribution in [-0.2, 0) is 18.4 Å². The van der Waals surface area contributed by atoms with Gasteiger partial charge >= 0.3 is 7.60 Å². The van der Waals surface area contributed by atoms with Gasteiger partial charge in [0.05, 0.1) is 18.9 Å². The van der Waals surface area contributed by atoms with Crippen molar-refractivity contribution in [2.45, 2.75) is 32.5 Å². The van der Waals surface area contributed by atoms with E-state index in [1.807, 2.05) is 60.7 Å². The molecule has 2 aromatic carbocycles. The Bertz CT molecular complexity index is 818. The first-order valence-electron chi connectivity index (χ1n) is 10.2. The van der Waals surface area contributed by atoms with E-state index in [4.69, 9.17) is 14.0 Å². The smallest absolute Gasteiger partial charge is 0.349 e. The summed E-state index contributed by atoms with van der Waals surface area (Å²) >= 11 is 0. The third kappa shape index (κ3) is 6.63. The highest BCUT2D eigenvalue weighted by Gasteiger charge is 2.36. The molecule has 1 atom stereocenters. The summed E-state index contributed by atoms with van der Waals surface area (Å²) in [4.78, 5) is 18.6. The number of hydrogen-bond acceptors (Lipinski definition) is 5. The third-order valence-corrected chi connectivity index (χ3v) is 6.81. The molecule has 0 saturated heterocycles. The van der Waals surface area contributed by atoms with Crippen LogP contribution in [0.1, 0.15) is 37.8 Å². The summed E-state index contributed by atoms with van der Waals surface area (Å²) in [6.45, 7) is 4.01. The fraction of sp³-hybridized carbons (Fsp3) is 0.391. The number of carbonyl (C=O) groups excluding carboxylic acids is 1. The zero-order chi connectivity index (χ0) is 22.0. The van der Waals surface area contributed by atoms with E-state index in [1.165, 1.54) is 4.90 Å². The normalized spacial score (nSPS) is 12.3. The Morgan fingerprint density at radius 3 is 1.80 bits per heavy atom. The van der Waals surface area contributed by atoms with Gasteiger partial charge in [0.15, 0.2) is 5.78 Å². The zero-order valence-corrected chi connectivity index (χ0v) is 19.0. The number of nitrogens with zero attached hydrogens (tertiary/aromatic N) is 2. The van der Waals surface area contributed by atoms with Gasteiger partial charge in [0.2, 0.25) is 5.91 Å². The Balaban J connectivity index is 2.55. The number of benzene rings is 2. The van der Waals surface area contributed by atoms with Crippen molar-refractivity contribution in [1.82, 2.24) is 4.90 Å². The Morgan fingerprint density at radius 2 is 1.40 bits per heavy atom. The van der Waals surface area contributed by atoms with E-state index in [0.717, 1.165) is 11.1 Å². The number of hydrogen-bond donors (Lipinski definition) is 0. The molecule has 2 aromatic rings. The molecule has 162 valence electrons. The molecule has 1 amide bonds. The van der Waals surface area contributed by atoms with E-state index in [9.17, 15) is 9.36 Å². The minimum atomic E-state index is -3.57. The van der Waals surface area contributed by atoms with Crippen LogP contribution in [0.4, 0.5) is 0 Å². The van der Waals surface area contributed by atoms with Crippen molar-refractivity contribution in [3.63, 3.8) is 0 Å². The molecule has 7 heteroatoms. The molecule has 0 radical (unpaired) electrons. The predicted molar refractivity (Wildman–Crippen MR) is 121 cm³/mol. The van der Waals surface area contributed by atoms with E-state index in [-0.39, 0.29) is 32.0 Å². The van der Waals surface area contributed by atoms with Crippen LogP contribution in [0.3, 0.4) is 0 Å². The summed E-state index contributed by atoms with van der Waals surface area (Å²) in [5.74, 6) is -0.854. The lowest BCUT2D eigenvalue weighted by Crippen LogP contribution is -2.24. The van der Waals surface area contributed by atoms with Crippen molar-refractivity contribution in [2.24, 2.45) is 4.99 Å². The average molecular weight is 430 g/mol. The summed E-state index contributed by atoms with van der Waals surface area (Å²) in [5.41, 5.74) is 2.48. The summed E-state index contributed by atoms with van der Waals surface area (Å²) in [6.07, 6.45) is 0.458. The standard InChI is InChI=1S/C23H31N2O4P/c1-5-28-30(27,29-6-2)21(17-18-22(26)25(3)4)24-23(19-13-9-7-10-14-19)20-15-11-8-12-16-20/h7-16,21H,5-6,17-18H2,1-4H3. The molecule has 30 heavy (non-hydrogen) atoms. The molecule has 0 aliphatic heterocycles. The van der Waals surface area contributed by atoms with Crippen LogP contribution >= 0.6 is 7.60 Å². The van der Waals surface area contributed by atoms with Crippen LogP contribution in [0.2, 0.25) is 0 Å². The van der Waals surface area contributed by atoms with Gasteiger partial charge in [-0.15, -0.1) is 0 Å². The Kier molecular flexibility index (Phi) is 9.44. The lowest BCUT2D eigenvalue weighted by Gasteiger charge is -2.25. The molecule has 0 aliphatic carbocycles. The van der Waals surface area contributed by atoms with Crippen molar-refractivity contribution in [2.75, 3.05) is 27.3 Å². The quantitative estimate of drug-likeness (QED) is 0.372. The number of carbonyl (C=O) groups is 1. The maximum atomic E-state index is 13.6. The van der Waals surface area contributed by atoms with E-state index in [0.29, 0.717) is 5.71 Å². The van der Waals surface area contributed by atoms with E-state index >= 15 is 0 Å². The predicted octanol–water partition coefficient (Wildman–Crippen LogP) is 4.98. The number of amides is 1. The highest BCUT2D eigenvalue weighted by atomic mass is 31.2. The van der Waals surface area contributed by atoms with Gasteiger partial charge in [-0.2, -0.15) is 0 Å². The Morgan fingerprint density at radius 1 is 0.933 bits per heavy atom. The fourth-order valence-electron chi connectivity index (χ4n) is 3.00. The lowest BCUT2D eigenvalue weighted by atomic mass is 10.0. The first kappa shape index (κ1) is 24.0. The molecule has 1 unspecified atom stereocenters. The zero-order valence-electron chi connectivity index (χ0n) is 18.2. The summed E-state index contributed by atoms with van der Waals surface area (Å²) in [7, 11) is -0.171. The van der Waals surface area contributed by atoms with Crippen molar-refractivity contribution >= 4 is 19.2 Å². The largest absolute Gasteiger partial charge is 0.354 e. The summed E-state index contributed by atoms with van der Waals surface area (Å²) < 4.78 is 24.8. The second kappa shape index (κ2) is 11.8. The second-order valence-corrected chi connectivity index (χ2v) is 9.08. The van der Waals surface area contributed by atoms with Gasteiger partial charge in [0.1, 0.15) is 0 Å². The molecule has 0 aromatic heterocycles. The molecule has 0 N–H and O–H groups in total. The van der Waals surface area contributed by atoms with Crippen LogP contribution in [0.15, 0.2) is 65.7 Å². The Hall–Kier alpha value is -2.27. The molecule has 0 heterocycles. The fourth-order valence-corrected chi connectivity index (χ4v) is 4.84. The highest BCUT2D eigenvalue weighted by molar-refractivity contribution is 7.54. The maximum Gasteiger partial charge on any atom is 0.354 e. The third-order valence-electron chi connectivity index (χ3n) is 4.47. The topological polar surface area (TPSA) is 68.2 Å². The van der Waals surface area contributed by atoms with Gasteiger partial charge in [-0.05, 0) is 20.3 Å². The van der Waals surface area contributed by atoms with Gasteiger partial charge in [0.25, 0.3) is 0 Å². The minimum absolute atomic E-state index is 0.0595. The van der Waals surface area contributed by atoms with Crippen LogP contribution in [0.25, 0.3) is 0 Å². The lowest BCUT2D eigenvalue weighted by molar-refractivity contribution is -0.128. The maximum absolute atomic E-state index is 13.6. The van der Waals surface area contributed by atoms with Crippen LogP contribution < -0.4 is 0 Å². The Labute approximate surface area is 179 Å². The van der Waals surface area contributed by atoms with Gasteiger partial charge in [-0.3, -0.25) is 14.4 Å². The first-order chi connectivity index (χ1) is 14.4. The monoisotopic (exact) mass is 430 g/mol. The van der Waals surface area contributed by atoms with Crippen LogP contribution in [0, 0.1) is 0 Å². The second-order valence-electron chi connectivity index (χ2n) is 6.89. The highest BCUT2D eigenvalue weighted by Crippen LogP contribution is 2.55. The van der Waals surface area contributed by atoms with Crippen molar-refractivity contribution in [1.29, 1.82) is 0 Å². The van der Waals surface area contributed by atoms with E-state index in [2.05, 4.69) is 0 Å². The first-order valence-corrected chi connectivity index (χ1v) is 11.8. The van der Waals surface area contributed by atoms with Crippen LogP contribution in [-0.4, -0.2) is 49.6 Å². The number of rotatable bonds is 11. The molecule has 6 nitrogen and oxygen atoms in total. The molecular formula is C23H31N2O4P. The summed E-state index contributed by atoms with van der Waals surface area (Å²) in [6, 6.07) is 19.4. The van der Waals surface area contributed by atoms with Crippen molar-refractivity contribution in [3.05, 3.63) is 71.8 Å². The molecule has 0 fully saturated rings. The van der Waals surface area contributed by atoms with Crippen LogP contribution in [0.5, 0.6) is 0 Å².